The molecule has 0 radical (unpaired) electrons. The lowest BCUT2D eigenvalue weighted by molar-refractivity contribution is -0.117. The molecule has 2 nitrogen and oxygen atoms in total. The van der Waals surface area contributed by atoms with E-state index in [1.54, 1.807) is 6.08 Å². The van der Waals surface area contributed by atoms with Gasteiger partial charge in [-0.3, -0.25) is 4.79 Å². The molecule has 1 N–H and O–H groups in total. The first kappa shape index (κ1) is 14.6. The minimum atomic E-state index is -1.18. The van der Waals surface area contributed by atoms with Crippen molar-refractivity contribution in [2.45, 2.75) is 38.2 Å². The third-order valence-electron chi connectivity index (χ3n) is 3.68. The van der Waals surface area contributed by atoms with E-state index in [9.17, 15) is 9.90 Å². The minimum absolute atomic E-state index is 0.0808. The Kier molecular flexibility index (Phi) is 4.76. The first-order chi connectivity index (χ1) is 9.64. The molecule has 0 amide bonds. The topological polar surface area (TPSA) is 37.3 Å². The van der Waals surface area contributed by atoms with Gasteiger partial charge in [-0.1, -0.05) is 49.8 Å². The van der Waals surface area contributed by atoms with Crippen molar-refractivity contribution in [2.75, 3.05) is 0 Å². The molecule has 2 atom stereocenters. The SMILES string of the molecule is CCCC[C@H]1CC(=O)C=C[C@@]1(O)C#Cc1ccccc1. The van der Waals surface area contributed by atoms with Gasteiger partial charge in [0.2, 0.25) is 0 Å². The predicted octanol–water partition coefficient (Wildman–Crippen LogP) is 3.10. The molecular weight excluding hydrogens is 248 g/mol. The smallest absolute Gasteiger partial charge is 0.155 e. The highest BCUT2D eigenvalue weighted by Crippen LogP contribution is 2.31. The number of ketones is 1. The van der Waals surface area contributed by atoms with E-state index in [0.29, 0.717) is 6.42 Å². The van der Waals surface area contributed by atoms with Crippen LogP contribution in [0.3, 0.4) is 0 Å². The third kappa shape index (κ3) is 3.59. The van der Waals surface area contributed by atoms with Crippen molar-refractivity contribution in [3.63, 3.8) is 0 Å². The number of aliphatic hydroxyl groups is 1. The lowest BCUT2D eigenvalue weighted by atomic mass is 9.77. The Morgan fingerprint density at radius 2 is 2.10 bits per heavy atom. The maximum absolute atomic E-state index is 11.6. The van der Waals surface area contributed by atoms with E-state index in [1.807, 2.05) is 30.3 Å². The van der Waals surface area contributed by atoms with Crippen LogP contribution >= 0.6 is 0 Å². The highest BCUT2D eigenvalue weighted by molar-refractivity contribution is 5.91. The molecule has 20 heavy (non-hydrogen) atoms. The predicted molar refractivity (Wildman–Crippen MR) is 80.0 cm³/mol. The van der Waals surface area contributed by atoms with E-state index >= 15 is 0 Å². The summed E-state index contributed by atoms with van der Waals surface area (Å²) in [7, 11) is 0. The van der Waals surface area contributed by atoms with Gasteiger partial charge in [0.05, 0.1) is 0 Å². The van der Waals surface area contributed by atoms with Gasteiger partial charge < -0.3 is 5.11 Å². The molecule has 0 saturated heterocycles. The number of hydrogen-bond acceptors (Lipinski definition) is 2. The lowest BCUT2D eigenvalue weighted by Gasteiger charge is -2.31. The van der Waals surface area contributed by atoms with Crippen LogP contribution in [0.4, 0.5) is 0 Å². The number of carbonyl (C=O) groups excluding carboxylic acids is 1. The van der Waals surface area contributed by atoms with Crippen molar-refractivity contribution < 1.29 is 9.90 Å². The molecule has 0 saturated carbocycles. The Labute approximate surface area is 120 Å². The van der Waals surface area contributed by atoms with Crippen LogP contribution in [0.15, 0.2) is 42.5 Å². The number of rotatable bonds is 3. The highest BCUT2D eigenvalue weighted by atomic mass is 16.3. The summed E-state index contributed by atoms with van der Waals surface area (Å²) in [6.45, 7) is 2.11. The number of carbonyl (C=O) groups is 1. The summed E-state index contributed by atoms with van der Waals surface area (Å²) in [5, 5.41) is 10.7. The summed E-state index contributed by atoms with van der Waals surface area (Å²) >= 11 is 0. The van der Waals surface area contributed by atoms with Gasteiger partial charge in [-0.15, -0.1) is 0 Å². The van der Waals surface area contributed by atoms with Gasteiger partial charge in [-0.2, -0.15) is 0 Å². The maximum Gasteiger partial charge on any atom is 0.155 e. The molecule has 1 aromatic rings. The van der Waals surface area contributed by atoms with Crippen molar-refractivity contribution in [1.82, 2.24) is 0 Å². The zero-order valence-corrected chi connectivity index (χ0v) is 11.8. The molecule has 0 aromatic heterocycles. The van der Waals surface area contributed by atoms with Gasteiger partial charge in [-0.05, 0) is 30.7 Å². The van der Waals surface area contributed by atoms with Crippen LogP contribution in [0.5, 0.6) is 0 Å². The Morgan fingerprint density at radius 1 is 1.35 bits per heavy atom. The average molecular weight is 268 g/mol. The Hall–Kier alpha value is -1.85. The minimum Gasteiger partial charge on any atom is -0.374 e. The molecule has 2 rings (SSSR count). The number of unbranched alkanes of at least 4 members (excludes halogenated alkanes) is 1. The molecule has 1 aliphatic rings. The van der Waals surface area contributed by atoms with Crippen molar-refractivity contribution in [3.8, 4) is 11.8 Å². The maximum atomic E-state index is 11.6. The highest BCUT2D eigenvalue weighted by Gasteiger charge is 2.36. The third-order valence-corrected chi connectivity index (χ3v) is 3.68. The van der Waals surface area contributed by atoms with Crippen molar-refractivity contribution in [1.29, 1.82) is 0 Å². The van der Waals surface area contributed by atoms with Crippen LogP contribution in [0.1, 0.15) is 38.2 Å². The summed E-state index contributed by atoms with van der Waals surface area (Å²) in [5.74, 6) is 5.95. The van der Waals surface area contributed by atoms with Gasteiger partial charge in [0.1, 0.15) is 5.60 Å². The Bertz CT molecular complexity index is 548. The van der Waals surface area contributed by atoms with Crippen LogP contribution in [-0.2, 0) is 4.79 Å². The van der Waals surface area contributed by atoms with Gasteiger partial charge in [0, 0.05) is 17.9 Å². The molecule has 2 heteroatoms. The monoisotopic (exact) mass is 268 g/mol. The second-order valence-corrected chi connectivity index (χ2v) is 5.28. The lowest BCUT2D eigenvalue weighted by Crippen LogP contribution is -2.38. The number of hydrogen-bond donors (Lipinski definition) is 1. The molecule has 104 valence electrons. The van der Waals surface area contributed by atoms with E-state index in [4.69, 9.17) is 0 Å². The average Bonchev–Trinajstić information content (AvgIpc) is 2.48. The van der Waals surface area contributed by atoms with Crippen molar-refractivity contribution in [2.24, 2.45) is 5.92 Å². The number of benzene rings is 1. The van der Waals surface area contributed by atoms with Gasteiger partial charge in [0.25, 0.3) is 0 Å². The quantitative estimate of drug-likeness (QED) is 0.855. The van der Waals surface area contributed by atoms with Gasteiger partial charge >= 0.3 is 0 Å². The molecular formula is C18H20O2. The summed E-state index contributed by atoms with van der Waals surface area (Å²) < 4.78 is 0. The summed E-state index contributed by atoms with van der Waals surface area (Å²) in [6, 6.07) is 9.60. The second kappa shape index (κ2) is 6.54. The standard InChI is InChI=1S/C18H20O2/c1-2-3-9-16-14-17(19)11-13-18(16,20)12-10-15-7-5-4-6-8-15/h4-8,11,13,16,20H,2-3,9,14H2,1H3/t16-,18-/m0/s1. The van der Waals surface area contributed by atoms with E-state index in [1.165, 1.54) is 6.08 Å². The van der Waals surface area contributed by atoms with E-state index in [-0.39, 0.29) is 11.7 Å². The van der Waals surface area contributed by atoms with Crippen LogP contribution in [0.2, 0.25) is 0 Å². The summed E-state index contributed by atoms with van der Waals surface area (Å²) in [6.07, 6.45) is 6.29. The first-order valence-electron chi connectivity index (χ1n) is 7.16. The fourth-order valence-corrected chi connectivity index (χ4v) is 2.43. The molecule has 0 bridgehead atoms. The van der Waals surface area contributed by atoms with Crippen LogP contribution in [0.25, 0.3) is 0 Å². The summed E-state index contributed by atoms with van der Waals surface area (Å²) in [4.78, 5) is 11.6. The summed E-state index contributed by atoms with van der Waals surface area (Å²) in [5.41, 5.74) is -0.306. The van der Waals surface area contributed by atoms with E-state index in [0.717, 1.165) is 24.8 Å². The fourth-order valence-electron chi connectivity index (χ4n) is 2.43. The number of allylic oxidation sites excluding steroid dienone is 1. The molecule has 0 aliphatic heterocycles. The zero-order chi connectivity index (χ0) is 14.4. The molecule has 0 spiro atoms. The molecule has 0 unspecified atom stereocenters. The van der Waals surface area contributed by atoms with Crippen LogP contribution in [-0.4, -0.2) is 16.5 Å². The molecule has 1 aliphatic carbocycles. The molecule has 0 fully saturated rings. The van der Waals surface area contributed by atoms with Crippen LogP contribution in [0, 0.1) is 17.8 Å². The zero-order valence-electron chi connectivity index (χ0n) is 11.8. The normalized spacial score (nSPS) is 25.1. The molecule has 1 aromatic carbocycles. The van der Waals surface area contributed by atoms with Gasteiger partial charge in [-0.25, -0.2) is 0 Å². The van der Waals surface area contributed by atoms with E-state index < -0.39 is 5.60 Å². The largest absolute Gasteiger partial charge is 0.374 e. The van der Waals surface area contributed by atoms with Crippen LogP contribution < -0.4 is 0 Å². The second-order valence-electron chi connectivity index (χ2n) is 5.28. The van der Waals surface area contributed by atoms with Crippen molar-refractivity contribution >= 4 is 5.78 Å². The fraction of sp³-hybridized carbons (Fsp3) is 0.389. The Morgan fingerprint density at radius 3 is 2.80 bits per heavy atom. The van der Waals surface area contributed by atoms with E-state index in [2.05, 4.69) is 18.8 Å². The first-order valence-corrected chi connectivity index (χ1v) is 7.16. The van der Waals surface area contributed by atoms with Gasteiger partial charge in [0.15, 0.2) is 5.78 Å². The molecule has 0 heterocycles. The Balaban J connectivity index is 2.23. The van der Waals surface area contributed by atoms with Crippen molar-refractivity contribution in [3.05, 3.63) is 48.0 Å².